The number of carbonyl (C=O) groups is 2. The summed E-state index contributed by atoms with van der Waals surface area (Å²) in [4.78, 5) is 34.7. The normalized spacial score (nSPS) is 15.0. The average molecular weight is 711 g/mol. The second-order valence-corrected chi connectivity index (χ2v) is 13.1. The fourth-order valence-corrected chi connectivity index (χ4v) is 4.98. The van der Waals surface area contributed by atoms with Gasteiger partial charge in [-0.25, -0.2) is 4.57 Å². The zero-order valence-corrected chi connectivity index (χ0v) is 30.8. The van der Waals surface area contributed by atoms with E-state index in [1.54, 1.807) is 0 Å². The first-order valence-electron chi connectivity index (χ1n) is 18.0. The molecular formula is C38H63O10P. The number of phosphoric acid groups is 1. The third-order valence-corrected chi connectivity index (χ3v) is 7.92. The molecule has 0 amide bonds. The molecule has 0 fully saturated rings. The second kappa shape index (κ2) is 33.9. The molecule has 280 valence electrons. The lowest BCUT2D eigenvalue weighted by Gasteiger charge is -2.20. The number of ether oxygens (including phenoxy) is 2. The van der Waals surface area contributed by atoms with Crippen molar-refractivity contribution in [1.82, 2.24) is 0 Å². The summed E-state index contributed by atoms with van der Waals surface area (Å²) in [6.07, 6.45) is 36.1. The number of carbonyl (C=O) groups excluding carboxylic acids is 2. The Balaban J connectivity index is 4.58. The highest BCUT2D eigenvalue weighted by Crippen LogP contribution is 2.43. The minimum absolute atomic E-state index is 0.0812. The van der Waals surface area contributed by atoms with Crippen molar-refractivity contribution in [2.24, 2.45) is 0 Å². The summed E-state index contributed by atoms with van der Waals surface area (Å²) in [5, 5.41) is 18.2. The molecule has 10 nitrogen and oxygen atoms in total. The van der Waals surface area contributed by atoms with Gasteiger partial charge < -0.3 is 24.6 Å². The standard InChI is InChI=1S/C38H63O10P/c1-3-5-7-9-11-13-15-17-19-21-23-25-27-29-37(41)45-33-36(34-47-49(43,44)46-32-35(40)31-39)48-38(42)30-28-26-24-22-20-18-16-14-12-10-8-6-4-2/h6,8,10,12,14,16-20,22,24,35-36,39-40H,3-5,7,9,11,13,15,21,23,25-34H2,1-2H3,(H,43,44)/b8-6+,12-10+,16-14+,19-17+,20-18+,24-22+/t35-,36?/m0/s1. The lowest BCUT2D eigenvalue weighted by molar-refractivity contribution is -0.161. The number of phosphoric ester groups is 1. The molecule has 0 aliphatic carbocycles. The summed E-state index contributed by atoms with van der Waals surface area (Å²) < 4.78 is 32.4. The van der Waals surface area contributed by atoms with Crippen molar-refractivity contribution in [3.8, 4) is 0 Å². The lowest BCUT2D eigenvalue weighted by Crippen LogP contribution is -2.29. The molecule has 0 spiro atoms. The Morgan fingerprint density at radius 2 is 1.16 bits per heavy atom. The molecular weight excluding hydrogens is 647 g/mol. The fraction of sp³-hybridized carbons (Fsp3) is 0.632. The predicted molar refractivity (Wildman–Crippen MR) is 196 cm³/mol. The maximum atomic E-state index is 12.5. The van der Waals surface area contributed by atoms with E-state index in [2.05, 4.69) is 36.6 Å². The molecule has 0 saturated carbocycles. The fourth-order valence-electron chi connectivity index (χ4n) is 4.19. The highest BCUT2D eigenvalue weighted by molar-refractivity contribution is 7.47. The van der Waals surface area contributed by atoms with Crippen LogP contribution in [0.4, 0.5) is 0 Å². The Labute approximate surface area is 295 Å². The molecule has 0 radical (unpaired) electrons. The van der Waals surface area contributed by atoms with E-state index >= 15 is 0 Å². The molecule has 0 heterocycles. The van der Waals surface area contributed by atoms with Crippen LogP contribution < -0.4 is 0 Å². The molecule has 11 heteroatoms. The Morgan fingerprint density at radius 3 is 1.80 bits per heavy atom. The SMILES string of the molecule is CC/C=C/C=C/C=C/C=C/C=C/CCCC(=O)OC(COC(=O)CCCCC/C=C/CCCCCCCC)COP(=O)(O)OC[C@@H](O)CO. The molecule has 49 heavy (non-hydrogen) atoms. The topological polar surface area (TPSA) is 149 Å². The molecule has 0 rings (SSSR count). The van der Waals surface area contributed by atoms with E-state index in [0.717, 1.165) is 32.1 Å². The molecule has 2 unspecified atom stereocenters. The van der Waals surface area contributed by atoms with Crippen LogP contribution in [0.15, 0.2) is 72.9 Å². The van der Waals surface area contributed by atoms with Gasteiger partial charge in [-0.1, -0.05) is 125 Å². The number of esters is 2. The van der Waals surface area contributed by atoms with E-state index in [-0.39, 0.29) is 19.4 Å². The number of hydrogen-bond acceptors (Lipinski definition) is 9. The van der Waals surface area contributed by atoms with Gasteiger partial charge in [0.05, 0.1) is 19.8 Å². The van der Waals surface area contributed by atoms with E-state index < -0.39 is 51.8 Å². The molecule has 0 aliphatic heterocycles. The summed E-state index contributed by atoms with van der Waals surface area (Å²) in [7, 11) is -4.63. The average Bonchev–Trinajstić information content (AvgIpc) is 3.09. The lowest BCUT2D eigenvalue weighted by atomic mass is 10.1. The van der Waals surface area contributed by atoms with Gasteiger partial charge in [0.25, 0.3) is 0 Å². The van der Waals surface area contributed by atoms with Crippen molar-refractivity contribution in [1.29, 1.82) is 0 Å². The second-order valence-electron chi connectivity index (χ2n) is 11.6. The van der Waals surface area contributed by atoms with Crippen LogP contribution in [0.2, 0.25) is 0 Å². The Morgan fingerprint density at radius 1 is 0.633 bits per heavy atom. The van der Waals surface area contributed by atoms with Crippen molar-refractivity contribution < 1.29 is 47.8 Å². The van der Waals surface area contributed by atoms with Crippen molar-refractivity contribution in [2.45, 2.75) is 129 Å². The van der Waals surface area contributed by atoms with Crippen LogP contribution in [0.3, 0.4) is 0 Å². The summed E-state index contributed by atoms with van der Waals surface area (Å²) >= 11 is 0. The van der Waals surface area contributed by atoms with Gasteiger partial charge in [-0.15, -0.1) is 0 Å². The zero-order chi connectivity index (χ0) is 36.3. The van der Waals surface area contributed by atoms with Crippen LogP contribution in [0.1, 0.15) is 117 Å². The first kappa shape index (κ1) is 46.4. The molecule has 0 bridgehead atoms. The summed E-state index contributed by atoms with van der Waals surface area (Å²) in [5.74, 6) is -1.04. The van der Waals surface area contributed by atoms with Gasteiger partial charge in [0.1, 0.15) is 12.7 Å². The first-order chi connectivity index (χ1) is 23.7. The molecule has 3 N–H and O–H groups in total. The summed E-state index contributed by atoms with van der Waals surface area (Å²) in [6, 6.07) is 0. The van der Waals surface area contributed by atoms with Crippen LogP contribution in [0.5, 0.6) is 0 Å². The minimum atomic E-state index is -4.63. The van der Waals surface area contributed by atoms with E-state index in [4.69, 9.17) is 19.1 Å². The smallest absolute Gasteiger partial charge is 0.462 e. The van der Waals surface area contributed by atoms with Gasteiger partial charge >= 0.3 is 19.8 Å². The van der Waals surface area contributed by atoms with Crippen LogP contribution in [0, 0.1) is 0 Å². The van der Waals surface area contributed by atoms with E-state index in [1.165, 1.54) is 38.5 Å². The Kier molecular flexibility index (Phi) is 32.1. The van der Waals surface area contributed by atoms with Gasteiger partial charge in [0.2, 0.25) is 0 Å². The van der Waals surface area contributed by atoms with Crippen LogP contribution in [-0.2, 0) is 32.7 Å². The number of aliphatic hydroxyl groups is 2. The molecule has 0 aromatic rings. The van der Waals surface area contributed by atoms with Gasteiger partial charge in [-0.2, -0.15) is 0 Å². The van der Waals surface area contributed by atoms with E-state index in [9.17, 15) is 24.2 Å². The van der Waals surface area contributed by atoms with Gasteiger partial charge in [-0.3, -0.25) is 18.6 Å². The highest BCUT2D eigenvalue weighted by atomic mass is 31.2. The van der Waals surface area contributed by atoms with Crippen molar-refractivity contribution in [2.75, 3.05) is 26.4 Å². The van der Waals surface area contributed by atoms with Gasteiger partial charge in [-0.05, 0) is 51.4 Å². The van der Waals surface area contributed by atoms with Gasteiger partial charge in [0, 0.05) is 12.8 Å². The van der Waals surface area contributed by atoms with Crippen LogP contribution >= 0.6 is 7.82 Å². The monoisotopic (exact) mass is 710 g/mol. The van der Waals surface area contributed by atoms with Crippen molar-refractivity contribution in [3.05, 3.63) is 72.9 Å². The molecule has 0 saturated heterocycles. The van der Waals surface area contributed by atoms with Crippen LogP contribution in [-0.4, -0.2) is 65.7 Å². The highest BCUT2D eigenvalue weighted by Gasteiger charge is 2.27. The maximum absolute atomic E-state index is 12.5. The molecule has 0 aromatic heterocycles. The number of allylic oxidation sites excluding steroid dienone is 12. The molecule has 0 aromatic carbocycles. The van der Waals surface area contributed by atoms with Crippen molar-refractivity contribution >= 4 is 19.8 Å². The third kappa shape index (κ3) is 33.7. The third-order valence-electron chi connectivity index (χ3n) is 6.97. The number of aliphatic hydroxyl groups excluding tert-OH is 2. The van der Waals surface area contributed by atoms with Gasteiger partial charge in [0.15, 0.2) is 6.10 Å². The number of unbranched alkanes of at least 4 members (excludes halogenated alkanes) is 10. The summed E-state index contributed by atoms with van der Waals surface area (Å²) in [6.45, 7) is 2.08. The predicted octanol–water partition coefficient (Wildman–Crippen LogP) is 8.55. The first-order valence-corrected chi connectivity index (χ1v) is 19.5. The van der Waals surface area contributed by atoms with E-state index in [1.807, 2.05) is 54.7 Å². The van der Waals surface area contributed by atoms with Crippen molar-refractivity contribution in [3.63, 3.8) is 0 Å². The largest absolute Gasteiger partial charge is 0.472 e. The number of hydrogen-bond donors (Lipinski definition) is 3. The minimum Gasteiger partial charge on any atom is -0.462 e. The number of rotatable bonds is 32. The summed E-state index contributed by atoms with van der Waals surface area (Å²) in [5.41, 5.74) is 0. The quantitative estimate of drug-likeness (QED) is 0.0204. The molecule has 0 aliphatic rings. The van der Waals surface area contributed by atoms with Crippen LogP contribution in [0.25, 0.3) is 0 Å². The Hall–Kier alpha value is -2.59. The molecule has 3 atom stereocenters. The Bertz CT molecular complexity index is 1050. The van der Waals surface area contributed by atoms with E-state index in [0.29, 0.717) is 19.3 Å². The zero-order valence-electron chi connectivity index (χ0n) is 29.9. The maximum Gasteiger partial charge on any atom is 0.472 e.